The van der Waals surface area contributed by atoms with Gasteiger partial charge in [-0.15, -0.1) is 11.3 Å². The van der Waals surface area contributed by atoms with Crippen LogP contribution in [0.3, 0.4) is 0 Å². The second-order valence-electron chi connectivity index (χ2n) is 6.02. The molecule has 128 valence electrons. The zero-order valence-corrected chi connectivity index (χ0v) is 16.1. The Morgan fingerprint density at radius 1 is 1.08 bits per heavy atom. The number of nitrogens with zero attached hydrogens (tertiary/aromatic N) is 1. The predicted octanol–water partition coefficient (Wildman–Crippen LogP) is 5.47. The molecule has 0 saturated carbocycles. The van der Waals surface area contributed by atoms with E-state index in [0.29, 0.717) is 5.75 Å². The van der Waals surface area contributed by atoms with E-state index in [9.17, 15) is 4.79 Å². The highest BCUT2D eigenvalue weighted by Crippen LogP contribution is 2.28. The summed E-state index contributed by atoms with van der Waals surface area (Å²) in [7, 11) is 0. The number of hydrogen-bond acceptors (Lipinski definition) is 4. The molecule has 1 heterocycles. The molecule has 0 saturated heterocycles. The highest BCUT2D eigenvalue weighted by atomic mass is 32.2. The van der Waals surface area contributed by atoms with E-state index in [1.165, 1.54) is 17.3 Å². The first kappa shape index (κ1) is 17.7. The third kappa shape index (κ3) is 4.71. The Morgan fingerprint density at radius 3 is 2.56 bits per heavy atom. The molecular formula is C20H20N2OS2. The minimum absolute atomic E-state index is 0.00853. The summed E-state index contributed by atoms with van der Waals surface area (Å²) in [6, 6.07) is 14.4. The number of aryl methyl sites for hydroxylation is 3. The summed E-state index contributed by atoms with van der Waals surface area (Å²) in [5.41, 5.74) is 6.38. The molecule has 3 aromatic rings. The van der Waals surface area contributed by atoms with E-state index in [0.717, 1.165) is 32.4 Å². The standard InChI is InChI=1S/C20H20N2OS2/c1-13-5-8-16(9-6-13)18-11-24-20(22-18)25-12-19(23)21-17-10-14(2)4-7-15(17)3/h4-11H,12H2,1-3H3,(H,21,23). The number of benzene rings is 2. The van der Waals surface area contributed by atoms with Gasteiger partial charge in [0.15, 0.2) is 4.34 Å². The Morgan fingerprint density at radius 2 is 1.80 bits per heavy atom. The smallest absolute Gasteiger partial charge is 0.234 e. The van der Waals surface area contributed by atoms with E-state index in [4.69, 9.17) is 0 Å². The number of thioether (sulfide) groups is 1. The fourth-order valence-electron chi connectivity index (χ4n) is 2.36. The zero-order valence-electron chi connectivity index (χ0n) is 14.5. The zero-order chi connectivity index (χ0) is 17.8. The van der Waals surface area contributed by atoms with Crippen molar-refractivity contribution in [2.24, 2.45) is 0 Å². The summed E-state index contributed by atoms with van der Waals surface area (Å²) in [5.74, 6) is 0.347. The maximum atomic E-state index is 12.2. The van der Waals surface area contributed by atoms with Crippen molar-refractivity contribution in [3.05, 3.63) is 64.5 Å². The molecule has 1 amide bonds. The number of anilines is 1. The molecule has 0 radical (unpaired) electrons. The van der Waals surface area contributed by atoms with Gasteiger partial charge < -0.3 is 5.32 Å². The monoisotopic (exact) mass is 368 g/mol. The molecule has 0 bridgehead atoms. The van der Waals surface area contributed by atoms with E-state index >= 15 is 0 Å². The van der Waals surface area contributed by atoms with Crippen LogP contribution in [0.5, 0.6) is 0 Å². The average Bonchev–Trinajstić information content (AvgIpc) is 3.06. The average molecular weight is 369 g/mol. The second-order valence-corrected chi connectivity index (χ2v) is 8.10. The van der Waals surface area contributed by atoms with Crippen LogP contribution in [0.25, 0.3) is 11.3 Å². The summed E-state index contributed by atoms with van der Waals surface area (Å²) in [5, 5.41) is 5.02. The highest BCUT2D eigenvalue weighted by Gasteiger charge is 2.09. The van der Waals surface area contributed by atoms with Crippen LogP contribution in [0.15, 0.2) is 52.2 Å². The van der Waals surface area contributed by atoms with Gasteiger partial charge in [-0.1, -0.05) is 53.7 Å². The lowest BCUT2D eigenvalue weighted by molar-refractivity contribution is -0.113. The number of amides is 1. The minimum atomic E-state index is -0.00853. The van der Waals surface area contributed by atoms with Crippen LogP contribution in [0.2, 0.25) is 0 Å². The third-order valence-electron chi connectivity index (χ3n) is 3.82. The first-order valence-electron chi connectivity index (χ1n) is 8.04. The van der Waals surface area contributed by atoms with Gasteiger partial charge in [0, 0.05) is 16.6 Å². The van der Waals surface area contributed by atoms with Crippen molar-refractivity contribution in [1.82, 2.24) is 4.98 Å². The quantitative estimate of drug-likeness (QED) is 0.608. The highest BCUT2D eigenvalue weighted by molar-refractivity contribution is 8.01. The van der Waals surface area contributed by atoms with Gasteiger partial charge in [-0.25, -0.2) is 4.98 Å². The second kappa shape index (κ2) is 7.85. The van der Waals surface area contributed by atoms with E-state index in [-0.39, 0.29) is 5.91 Å². The van der Waals surface area contributed by atoms with Crippen LogP contribution in [0.1, 0.15) is 16.7 Å². The van der Waals surface area contributed by atoms with E-state index in [1.807, 2.05) is 37.4 Å². The molecule has 0 aliphatic rings. The van der Waals surface area contributed by atoms with E-state index in [2.05, 4.69) is 41.5 Å². The Balaban J connectivity index is 1.59. The lowest BCUT2D eigenvalue weighted by atomic mass is 10.1. The van der Waals surface area contributed by atoms with Crippen LogP contribution in [-0.2, 0) is 4.79 Å². The molecule has 1 N–H and O–H groups in total. The van der Waals surface area contributed by atoms with Crippen molar-refractivity contribution >= 4 is 34.7 Å². The van der Waals surface area contributed by atoms with Crippen molar-refractivity contribution in [3.63, 3.8) is 0 Å². The van der Waals surface area contributed by atoms with Crippen molar-refractivity contribution < 1.29 is 4.79 Å². The molecule has 0 spiro atoms. The Labute approximate surface area is 156 Å². The SMILES string of the molecule is Cc1ccc(-c2csc(SCC(=O)Nc3cc(C)ccc3C)n2)cc1. The van der Waals surface area contributed by atoms with Gasteiger partial charge >= 0.3 is 0 Å². The molecule has 2 aromatic carbocycles. The summed E-state index contributed by atoms with van der Waals surface area (Å²) >= 11 is 3.05. The summed E-state index contributed by atoms with van der Waals surface area (Å²) in [4.78, 5) is 16.8. The summed E-state index contributed by atoms with van der Waals surface area (Å²) in [6.07, 6.45) is 0. The number of thiazole rings is 1. The van der Waals surface area contributed by atoms with Gasteiger partial charge in [-0.05, 0) is 38.0 Å². The van der Waals surface area contributed by atoms with Crippen LogP contribution in [0.4, 0.5) is 5.69 Å². The Kier molecular flexibility index (Phi) is 5.56. The van der Waals surface area contributed by atoms with Crippen LogP contribution in [0, 0.1) is 20.8 Å². The van der Waals surface area contributed by atoms with Crippen molar-refractivity contribution in [2.75, 3.05) is 11.1 Å². The molecule has 0 aliphatic carbocycles. The fraction of sp³-hybridized carbons (Fsp3) is 0.200. The van der Waals surface area contributed by atoms with Gasteiger partial charge in [0.1, 0.15) is 0 Å². The van der Waals surface area contributed by atoms with Gasteiger partial charge in [0.2, 0.25) is 5.91 Å². The first-order valence-corrected chi connectivity index (χ1v) is 9.90. The van der Waals surface area contributed by atoms with Crippen LogP contribution >= 0.6 is 23.1 Å². The number of carbonyl (C=O) groups excluding carboxylic acids is 1. The molecule has 3 rings (SSSR count). The largest absolute Gasteiger partial charge is 0.325 e. The van der Waals surface area contributed by atoms with Crippen molar-refractivity contribution in [2.45, 2.75) is 25.1 Å². The number of aromatic nitrogens is 1. The van der Waals surface area contributed by atoms with Crippen LogP contribution < -0.4 is 5.32 Å². The van der Waals surface area contributed by atoms with Gasteiger partial charge in [-0.2, -0.15) is 0 Å². The number of carbonyl (C=O) groups is 1. The topological polar surface area (TPSA) is 42.0 Å². The van der Waals surface area contributed by atoms with Gasteiger partial charge in [-0.3, -0.25) is 4.79 Å². The predicted molar refractivity (Wildman–Crippen MR) is 108 cm³/mol. The molecule has 0 fully saturated rings. The molecule has 0 atom stereocenters. The Bertz CT molecular complexity index is 885. The van der Waals surface area contributed by atoms with Crippen molar-refractivity contribution in [1.29, 1.82) is 0 Å². The fourth-order valence-corrected chi connectivity index (χ4v) is 4.00. The van der Waals surface area contributed by atoms with Gasteiger partial charge in [0.25, 0.3) is 0 Å². The first-order chi connectivity index (χ1) is 12.0. The van der Waals surface area contributed by atoms with E-state index in [1.54, 1.807) is 11.3 Å². The van der Waals surface area contributed by atoms with Crippen LogP contribution in [-0.4, -0.2) is 16.6 Å². The molecule has 3 nitrogen and oxygen atoms in total. The minimum Gasteiger partial charge on any atom is -0.325 e. The summed E-state index contributed by atoms with van der Waals surface area (Å²) < 4.78 is 0.909. The normalized spacial score (nSPS) is 10.7. The lowest BCUT2D eigenvalue weighted by Gasteiger charge is -2.08. The number of nitrogens with one attached hydrogen (secondary N) is 1. The van der Waals surface area contributed by atoms with E-state index < -0.39 is 0 Å². The molecule has 1 aromatic heterocycles. The maximum absolute atomic E-state index is 12.2. The Hall–Kier alpha value is -2.11. The molecule has 5 heteroatoms. The molecule has 25 heavy (non-hydrogen) atoms. The molecule has 0 aliphatic heterocycles. The van der Waals surface area contributed by atoms with Gasteiger partial charge in [0.05, 0.1) is 11.4 Å². The number of rotatable bonds is 5. The maximum Gasteiger partial charge on any atom is 0.234 e. The lowest BCUT2D eigenvalue weighted by Crippen LogP contribution is -2.14. The third-order valence-corrected chi connectivity index (χ3v) is 5.85. The van der Waals surface area contributed by atoms with Crippen molar-refractivity contribution in [3.8, 4) is 11.3 Å². The molecular weight excluding hydrogens is 348 g/mol. The number of hydrogen-bond donors (Lipinski definition) is 1. The summed E-state index contributed by atoms with van der Waals surface area (Å²) in [6.45, 7) is 6.09. The molecule has 0 unspecified atom stereocenters.